The number of aromatic nitrogens is 4. The van der Waals surface area contributed by atoms with Crippen LogP contribution < -0.4 is 0 Å². The summed E-state index contributed by atoms with van der Waals surface area (Å²) in [6.07, 6.45) is 3.17. The fourth-order valence-corrected chi connectivity index (χ4v) is 4.40. The van der Waals surface area contributed by atoms with Crippen LogP contribution in [0.2, 0.25) is 0 Å². The molecule has 0 amide bonds. The van der Waals surface area contributed by atoms with Crippen molar-refractivity contribution in [1.82, 2.24) is 19.7 Å². The SMILES string of the molecule is Cc1ncco1.Cc1sc2c(c1C)C(c1ccccc1)=NCc1nnc(C)n1-2. The Morgan fingerprint density at radius 1 is 1.04 bits per heavy atom. The molecule has 142 valence electrons. The van der Waals surface area contributed by atoms with Crippen LogP contribution >= 0.6 is 11.3 Å². The summed E-state index contributed by atoms with van der Waals surface area (Å²) in [7, 11) is 0. The molecule has 0 radical (unpaired) electrons. The predicted molar refractivity (Wildman–Crippen MR) is 110 cm³/mol. The van der Waals surface area contributed by atoms with Gasteiger partial charge in [-0.2, -0.15) is 0 Å². The first-order chi connectivity index (χ1) is 13.6. The van der Waals surface area contributed by atoms with Gasteiger partial charge in [-0.25, -0.2) is 4.98 Å². The van der Waals surface area contributed by atoms with Gasteiger partial charge in [0.1, 0.15) is 23.6 Å². The van der Waals surface area contributed by atoms with Crippen molar-refractivity contribution in [1.29, 1.82) is 0 Å². The van der Waals surface area contributed by atoms with Gasteiger partial charge in [-0.05, 0) is 26.3 Å². The molecule has 4 aromatic rings. The Kier molecular flexibility index (Phi) is 4.92. The van der Waals surface area contributed by atoms with Crippen molar-refractivity contribution in [2.24, 2.45) is 4.99 Å². The first kappa shape index (κ1) is 18.3. The summed E-state index contributed by atoms with van der Waals surface area (Å²) in [5, 5.41) is 9.71. The summed E-state index contributed by atoms with van der Waals surface area (Å²) in [6.45, 7) is 8.70. The molecule has 1 aliphatic rings. The van der Waals surface area contributed by atoms with Gasteiger partial charge in [0.2, 0.25) is 0 Å². The fraction of sp³-hybridized carbons (Fsp3) is 0.238. The number of fused-ring (bicyclic) bond motifs is 3. The Morgan fingerprint density at radius 3 is 2.46 bits per heavy atom. The molecule has 3 aromatic heterocycles. The third-order valence-corrected chi connectivity index (χ3v) is 5.87. The second kappa shape index (κ2) is 7.52. The molecule has 6 nitrogen and oxygen atoms in total. The Labute approximate surface area is 167 Å². The standard InChI is InChI=1S/C17H16N4S.C4H5NO/c1-10-11(2)22-17-15(10)16(13-7-5-4-6-8-13)18-9-14-20-19-12(3)21(14)17;1-4-5-2-3-6-4/h4-8H,9H2,1-3H3;2-3H,1H3. The molecule has 0 saturated heterocycles. The minimum absolute atomic E-state index is 0.560. The van der Waals surface area contributed by atoms with Gasteiger partial charge in [0.05, 0.1) is 11.9 Å². The summed E-state index contributed by atoms with van der Waals surface area (Å²) in [5.41, 5.74) is 4.72. The maximum absolute atomic E-state index is 4.86. The van der Waals surface area contributed by atoms with E-state index in [0.29, 0.717) is 6.54 Å². The Hall–Kier alpha value is -3.06. The molecule has 0 atom stereocenters. The fourth-order valence-electron chi connectivity index (χ4n) is 3.17. The highest BCUT2D eigenvalue weighted by atomic mass is 32.1. The lowest BCUT2D eigenvalue weighted by molar-refractivity contribution is 0.521. The summed E-state index contributed by atoms with van der Waals surface area (Å²) in [6, 6.07) is 10.4. The van der Waals surface area contributed by atoms with E-state index < -0.39 is 0 Å². The lowest BCUT2D eigenvalue weighted by Crippen LogP contribution is -2.06. The Balaban J connectivity index is 0.000000275. The molecule has 0 saturated carbocycles. The van der Waals surface area contributed by atoms with E-state index in [1.165, 1.54) is 21.0 Å². The molecule has 5 rings (SSSR count). The van der Waals surface area contributed by atoms with Gasteiger partial charge in [-0.1, -0.05) is 30.3 Å². The predicted octanol–water partition coefficient (Wildman–Crippen LogP) is 4.59. The zero-order chi connectivity index (χ0) is 19.7. The van der Waals surface area contributed by atoms with Gasteiger partial charge in [-0.3, -0.25) is 9.56 Å². The van der Waals surface area contributed by atoms with Crippen molar-refractivity contribution in [3.63, 3.8) is 0 Å². The maximum Gasteiger partial charge on any atom is 0.190 e. The van der Waals surface area contributed by atoms with Crippen molar-refractivity contribution in [3.05, 3.63) is 81.9 Å². The van der Waals surface area contributed by atoms with Crippen LogP contribution in [0, 0.1) is 27.7 Å². The third-order valence-electron chi connectivity index (χ3n) is 4.68. The number of aliphatic imine (C=N–C) groups is 1. The summed E-state index contributed by atoms with van der Waals surface area (Å²) < 4.78 is 6.87. The van der Waals surface area contributed by atoms with Crippen LogP contribution in [0.1, 0.15) is 39.1 Å². The highest BCUT2D eigenvalue weighted by molar-refractivity contribution is 7.15. The highest BCUT2D eigenvalue weighted by Gasteiger charge is 2.26. The second-order valence-electron chi connectivity index (χ2n) is 6.54. The normalized spacial score (nSPS) is 12.4. The van der Waals surface area contributed by atoms with E-state index >= 15 is 0 Å². The van der Waals surface area contributed by atoms with E-state index in [4.69, 9.17) is 9.41 Å². The van der Waals surface area contributed by atoms with Gasteiger partial charge < -0.3 is 4.42 Å². The molecular formula is C21H21N5OS. The van der Waals surface area contributed by atoms with Crippen LogP contribution in [0.5, 0.6) is 0 Å². The lowest BCUT2D eigenvalue weighted by atomic mass is 10.00. The largest absolute Gasteiger partial charge is 0.449 e. The van der Waals surface area contributed by atoms with Crippen LogP contribution in [-0.4, -0.2) is 25.5 Å². The summed E-state index contributed by atoms with van der Waals surface area (Å²) >= 11 is 1.79. The highest BCUT2D eigenvalue weighted by Crippen LogP contribution is 2.36. The number of hydrogen-bond donors (Lipinski definition) is 0. The Bertz CT molecular complexity index is 1120. The van der Waals surface area contributed by atoms with Crippen LogP contribution in [-0.2, 0) is 6.54 Å². The van der Waals surface area contributed by atoms with Crippen molar-refractivity contribution in [3.8, 4) is 5.00 Å². The minimum atomic E-state index is 0.560. The van der Waals surface area contributed by atoms with Gasteiger partial charge in [0.15, 0.2) is 11.7 Å². The number of hydrogen-bond acceptors (Lipinski definition) is 6. The molecule has 4 heterocycles. The number of thiophene rings is 1. The van der Waals surface area contributed by atoms with Gasteiger partial charge in [0, 0.05) is 22.9 Å². The molecule has 7 heteroatoms. The zero-order valence-corrected chi connectivity index (χ0v) is 17.1. The average Bonchev–Trinajstić information content (AvgIpc) is 3.36. The quantitative estimate of drug-likeness (QED) is 0.476. The maximum atomic E-state index is 4.86. The van der Waals surface area contributed by atoms with Gasteiger partial charge >= 0.3 is 0 Å². The van der Waals surface area contributed by atoms with Gasteiger partial charge in [0.25, 0.3) is 0 Å². The molecule has 0 bridgehead atoms. The Morgan fingerprint density at radius 2 is 1.82 bits per heavy atom. The monoisotopic (exact) mass is 391 g/mol. The molecule has 1 aromatic carbocycles. The van der Waals surface area contributed by atoms with E-state index in [2.05, 4.69) is 57.9 Å². The smallest absolute Gasteiger partial charge is 0.190 e. The first-order valence-electron chi connectivity index (χ1n) is 9.04. The average molecular weight is 392 g/mol. The van der Waals surface area contributed by atoms with E-state index in [9.17, 15) is 0 Å². The van der Waals surface area contributed by atoms with E-state index in [0.717, 1.165) is 28.8 Å². The number of nitrogens with zero attached hydrogens (tertiary/aromatic N) is 5. The molecule has 0 unspecified atom stereocenters. The van der Waals surface area contributed by atoms with Crippen LogP contribution in [0.25, 0.3) is 5.00 Å². The topological polar surface area (TPSA) is 69.1 Å². The number of aryl methyl sites for hydroxylation is 3. The summed E-state index contributed by atoms with van der Waals surface area (Å²) in [4.78, 5) is 9.93. The first-order valence-corrected chi connectivity index (χ1v) is 9.85. The summed E-state index contributed by atoms with van der Waals surface area (Å²) in [5.74, 6) is 2.54. The van der Waals surface area contributed by atoms with Crippen molar-refractivity contribution >= 4 is 17.0 Å². The molecule has 28 heavy (non-hydrogen) atoms. The number of oxazole rings is 1. The molecule has 0 spiro atoms. The van der Waals surface area contributed by atoms with E-state index in [1.54, 1.807) is 30.7 Å². The van der Waals surface area contributed by atoms with E-state index in [1.807, 2.05) is 13.0 Å². The number of benzene rings is 1. The van der Waals surface area contributed by atoms with Gasteiger partial charge in [-0.15, -0.1) is 21.5 Å². The molecule has 1 aliphatic heterocycles. The zero-order valence-electron chi connectivity index (χ0n) is 16.3. The van der Waals surface area contributed by atoms with Crippen molar-refractivity contribution < 1.29 is 4.42 Å². The molecule has 0 fully saturated rings. The lowest BCUT2D eigenvalue weighted by Gasteiger charge is -2.09. The molecular weight excluding hydrogens is 370 g/mol. The third kappa shape index (κ3) is 3.29. The van der Waals surface area contributed by atoms with Crippen LogP contribution in [0.15, 0.2) is 52.2 Å². The van der Waals surface area contributed by atoms with Crippen LogP contribution in [0.3, 0.4) is 0 Å². The van der Waals surface area contributed by atoms with Crippen molar-refractivity contribution in [2.75, 3.05) is 0 Å². The second-order valence-corrected chi connectivity index (χ2v) is 7.75. The van der Waals surface area contributed by atoms with Crippen molar-refractivity contribution in [2.45, 2.75) is 34.2 Å². The van der Waals surface area contributed by atoms with E-state index in [-0.39, 0.29) is 0 Å². The molecule has 0 N–H and O–H groups in total. The van der Waals surface area contributed by atoms with Crippen LogP contribution in [0.4, 0.5) is 0 Å². The number of rotatable bonds is 1. The molecule has 0 aliphatic carbocycles. The minimum Gasteiger partial charge on any atom is -0.449 e.